The summed E-state index contributed by atoms with van der Waals surface area (Å²) in [7, 11) is 0. The molecule has 2 unspecified atom stereocenters. The summed E-state index contributed by atoms with van der Waals surface area (Å²) in [6, 6.07) is 8.27. The number of amides is 1. The van der Waals surface area contributed by atoms with Crippen molar-refractivity contribution in [2.75, 3.05) is 0 Å². The number of aryl methyl sites for hydroxylation is 1. The Morgan fingerprint density at radius 3 is 2.52 bits per heavy atom. The van der Waals surface area contributed by atoms with Crippen molar-refractivity contribution < 1.29 is 14.7 Å². The van der Waals surface area contributed by atoms with E-state index in [-0.39, 0.29) is 17.4 Å². The molecule has 0 saturated heterocycles. The largest absolute Gasteiger partial charge is 0.481 e. The minimum Gasteiger partial charge on any atom is -0.481 e. The van der Waals surface area contributed by atoms with E-state index < -0.39 is 11.9 Å². The number of benzene rings is 1. The highest BCUT2D eigenvalue weighted by Gasteiger charge is 2.50. The van der Waals surface area contributed by atoms with Crippen LogP contribution in [0.15, 0.2) is 24.3 Å². The number of carboxylic acid groups (broad SMARTS) is 1. The maximum atomic E-state index is 12.4. The third-order valence-corrected chi connectivity index (χ3v) is 4.83. The molecule has 0 radical (unpaired) electrons. The Morgan fingerprint density at radius 1 is 1.24 bits per heavy atom. The van der Waals surface area contributed by atoms with Crippen LogP contribution in [0.5, 0.6) is 0 Å². The molecule has 0 spiro atoms. The molecule has 112 valence electrons. The zero-order valence-electron chi connectivity index (χ0n) is 12.3. The molecule has 4 heteroatoms. The molecule has 2 N–H and O–H groups in total. The smallest absolute Gasteiger partial charge is 0.307 e. The van der Waals surface area contributed by atoms with Crippen molar-refractivity contribution in [3.8, 4) is 0 Å². The van der Waals surface area contributed by atoms with Gasteiger partial charge in [-0.25, -0.2) is 0 Å². The van der Waals surface area contributed by atoms with E-state index in [1.165, 1.54) is 5.56 Å². The first-order valence-corrected chi connectivity index (χ1v) is 7.64. The summed E-state index contributed by atoms with van der Waals surface area (Å²) in [6.07, 6.45) is 4.55. The first-order chi connectivity index (χ1) is 10.0. The van der Waals surface area contributed by atoms with Gasteiger partial charge < -0.3 is 10.4 Å². The van der Waals surface area contributed by atoms with E-state index >= 15 is 0 Å². The Bertz CT molecular complexity index is 575. The van der Waals surface area contributed by atoms with Gasteiger partial charge in [-0.05, 0) is 31.7 Å². The van der Waals surface area contributed by atoms with Crippen molar-refractivity contribution in [3.63, 3.8) is 0 Å². The molecular formula is C17H21NO3. The third-order valence-electron chi connectivity index (χ3n) is 4.83. The minimum atomic E-state index is -0.855. The first-order valence-electron chi connectivity index (χ1n) is 7.64. The minimum absolute atomic E-state index is 0.0918. The molecule has 4 nitrogen and oxygen atoms in total. The van der Waals surface area contributed by atoms with Crippen molar-refractivity contribution in [1.29, 1.82) is 0 Å². The van der Waals surface area contributed by atoms with Crippen molar-refractivity contribution in [2.45, 2.75) is 44.6 Å². The highest BCUT2D eigenvalue weighted by atomic mass is 16.4. The molecule has 0 heterocycles. The number of carboxylic acids is 1. The fourth-order valence-electron chi connectivity index (χ4n) is 3.49. The average Bonchev–Trinajstić information content (AvgIpc) is 3.13. The van der Waals surface area contributed by atoms with Crippen molar-refractivity contribution in [3.05, 3.63) is 35.4 Å². The van der Waals surface area contributed by atoms with Gasteiger partial charge in [-0.1, -0.05) is 42.7 Å². The topological polar surface area (TPSA) is 66.4 Å². The van der Waals surface area contributed by atoms with Crippen LogP contribution in [-0.4, -0.2) is 17.0 Å². The fraction of sp³-hybridized carbons (Fsp3) is 0.529. The Balaban J connectivity index is 1.79. The van der Waals surface area contributed by atoms with E-state index in [1.807, 2.05) is 6.07 Å². The standard InChI is InChI=1S/C17H21NO3/c1-11-5-4-6-12(9-11)17(7-2-3-8-17)18-15(19)13-10-14(13)16(20)21/h4-6,9,13-14H,2-3,7-8,10H2,1H3,(H,18,19)(H,20,21). The van der Waals surface area contributed by atoms with Crippen LogP contribution in [0.3, 0.4) is 0 Å². The van der Waals surface area contributed by atoms with Crippen molar-refractivity contribution in [1.82, 2.24) is 5.32 Å². The average molecular weight is 287 g/mol. The molecule has 0 aliphatic heterocycles. The quantitative estimate of drug-likeness (QED) is 0.894. The molecule has 2 aliphatic rings. The van der Waals surface area contributed by atoms with E-state index in [4.69, 9.17) is 5.11 Å². The lowest BCUT2D eigenvalue weighted by Gasteiger charge is -2.31. The molecule has 1 amide bonds. The Hall–Kier alpha value is -1.84. The SMILES string of the molecule is Cc1cccc(C2(NC(=O)C3CC3C(=O)O)CCCC2)c1. The molecule has 1 aromatic rings. The molecular weight excluding hydrogens is 266 g/mol. The van der Waals surface area contributed by atoms with Gasteiger partial charge in [-0.15, -0.1) is 0 Å². The summed E-state index contributed by atoms with van der Waals surface area (Å²) in [5.41, 5.74) is 2.04. The van der Waals surface area contributed by atoms with Gasteiger partial charge in [0.15, 0.2) is 0 Å². The van der Waals surface area contributed by atoms with Gasteiger partial charge >= 0.3 is 5.97 Å². The summed E-state index contributed by atoms with van der Waals surface area (Å²) < 4.78 is 0. The molecule has 0 bridgehead atoms. The second kappa shape index (κ2) is 5.17. The maximum absolute atomic E-state index is 12.4. The van der Waals surface area contributed by atoms with Crippen molar-refractivity contribution in [2.24, 2.45) is 11.8 Å². The zero-order chi connectivity index (χ0) is 15.0. The van der Waals surface area contributed by atoms with E-state index in [0.717, 1.165) is 31.2 Å². The van der Waals surface area contributed by atoms with Crippen LogP contribution in [0.1, 0.15) is 43.2 Å². The van der Waals surface area contributed by atoms with Gasteiger partial charge in [0.25, 0.3) is 0 Å². The summed E-state index contributed by atoms with van der Waals surface area (Å²) >= 11 is 0. The predicted molar refractivity (Wildman–Crippen MR) is 78.7 cm³/mol. The molecule has 21 heavy (non-hydrogen) atoms. The summed E-state index contributed by atoms with van der Waals surface area (Å²) in [6.45, 7) is 2.05. The highest BCUT2D eigenvalue weighted by molar-refractivity contribution is 5.90. The molecule has 1 aromatic carbocycles. The molecule has 2 fully saturated rings. The first kappa shape index (κ1) is 14.1. The number of aliphatic carboxylic acids is 1. The highest BCUT2D eigenvalue weighted by Crippen LogP contribution is 2.43. The van der Waals surface area contributed by atoms with Crippen LogP contribution in [0.2, 0.25) is 0 Å². The molecule has 0 aromatic heterocycles. The zero-order valence-corrected chi connectivity index (χ0v) is 12.3. The van der Waals surface area contributed by atoms with Gasteiger partial charge in [-0.2, -0.15) is 0 Å². The Morgan fingerprint density at radius 2 is 1.95 bits per heavy atom. The lowest BCUT2D eigenvalue weighted by Crippen LogP contribution is -2.45. The van der Waals surface area contributed by atoms with Crippen LogP contribution in [0.25, 0.3) is 0 Å². The lowest BCUT2D eigenvalue weighted by molar-refractivity contribution is -0.140. The van der Waals surface area contributed by atoms with Gasteiger partial charge in [0.05, 0.1) is 17.4 Å². The second-order valence-corrected chi connectivity index (χ2v) is 6.43. The third kappa shape index (κ3) is 2.67. The number of rotatable bonds is 4. The Kier molecular flexibility index (Phi) is 3.47. The number of carbonyl (C=O) groups excluding carboxylic acids is 1. The van der Waals surface area contributed by atoms with Crippen LogP contribution >= 0.6 is 0 Å². The van der Waals surface area contributed by atoms with E-state index in [9.17, 15) is 9.59 Å². The van der Waals surface area contributed by atoms with Crippen LogP contribution < -0.4 is 5.32 Å². The van der Waals surface area contributed by atoms with E-state index in [0.29, 0.717) is 6.42 Å². The number of nitrogens with one attached hydrogen (secondary N) is 1. The van der Waals surface area contributed by atoms with Gasteiger partial charge in [0.1, 0.15) is 0 Å². The predicted octanol–water partition coefficient (Wildman–Crippen LogP) is 2.60. The number of hydrogen-bond donors (Lipinski definition) is 2. The molecule has 2 saturated carbocycles. The van der Waals surface area contributed by atoms with Gasteiger partial charge in [0, 0.05) is 0 Å². The Labute approximate surface area is 124 Å². The number of carbonyl (C=O) groups is 2. The second-order valence-electron chi connectivity index (χ2n) is 6.43. The summed E-state index contributed by atoms with van der Waals surface area (Å²) in [4.78, 5) is 23.3. The molecule has 2 atom stereocenters. The molecule has 3 rings (SSSR count). The van der Waals surface area contributed by atoms with E-state index in [1.54, 1.807) is 0 Å². The van der Waals surface area contributed by atoms with Crippen molar-refractivity contribution >= 4 is 11.9 Å². The lowest BCUT2D eigenvalue weighted by atomic mass is 9.87. The summed E-state index contributed by atoms with van der Waals surface area (Å²) in [5.74, 6) is -1.78. The monoisotopic (exact) mass is 287 g/mol. The summed E-state index contributed by atoms with van der Waals surface area (Å²) in [5, 5.41) is 12.2. The number of hydrogen-bond acceptors (Lipinski definition) is 2. The normalized spacial score (nSPS) is 26.3. The maximum Gasteiger partial charge on any atom is 0.307 e. The fourth-order valence-corrected chi connectivity index (χ4v) is 3.49. The van der Waals surface area contributed by atoms with Crippen LogP contribution in [0.4, 0.5) is 0 Å². The van der Waals surface area contributed by atoms with Crippen LogP contribution in [0, 0.1) is 18.8 Å². The molecule has 2 aliphatic carbocycles. The van der Waals surface area contributed by atoms with Crippen LogP contribution in [-0.2, 0) is 15.1 Å². The van der Waals surface area contributed by atoms with Gasteiger partial charge in [-0.3, -0.25) is 9.59 Å². The van der Waals surface area contributed by atoms with Gasteiger partial charge in [0.2, 0.25) is 5.91 Å². The van der Waals surface area contributed by atoms with E-state index in [2.05, 4.69) is 30.4 Å².